The molecule has 2 unspecified atom stereocenters. The first kappa shape index (κ1) is 20.6. The van der Waals surface area contributed by atoms with E-state index >= 15 is 0 Å². The molecule has 0 bridgehead atoms. The van der Waals surface area contributed by atoms with E-state index in [2.05, 4.69) is 41.9 Å². The van der Waals surface area contributed by atoms with Gasteiger partial charge in [-0.1, -0.05) is 41.9 Å². The van der Waals surface area contributed by atoms with E-state index in [1.54, 1.807) is 0 Å². The van der Waals surface area contributed by atoms with Crippen LogP contribution in [0.5, 0.6) is 0 Å². The Kier molecular flexibility index (Phi) is 6.12. The van der Waals surface area contributed by atoms with Gasteiger partial charge < -0.3 is 10.1 Å². The number of hydrogen-bond donors (Lipinski definition) is 1. The summed E-state index contributed by atoms with van der Waals surface area (Å²) in [5.74, 6) is 1.59. The molecular weight excluding hydrogens is 402 g/mol. The molecule has 2 aromatic carbocycles. The van der Waals surface area contributed by atoms with E-state index in [-0.39, 0.29) is 17.3 Å². The minimum atomic E-state index is -0.271. The largest absolute Gasteiger partial charge is 0.466 e. The van der Waals surface area contributed by atoms with Gasteiger partial charge in [0.25, 0.3) is 0 Å². The van der Waals surface area contributed by atoms with Crippen molar-refractivity contribution < 1.29 is 9.53 Å². The van der Waals surface area contributed by atoms with Crippen LogP contribution in [0.1, 0.15) is 48.8 Å². The lowest BCUT2D eigenvalue weighted by Gasteiger charge is -2.40. The molecule has 0 spiro atoms. The van der Waals surface area contributed by atoms with Crippen LogP contribution < -0.4 is 5.32 Å². The van der Waals surface area contributed by atoms with Crippen LogP contribution in [0.25, 0.3) is 0 Å². The second-order valence-electron chi connectivity index (χ2n) is 8.05. The van der Waals surface area contributed by atoms with Crippen LogP contribution in [0.15, 0.2) is 42.5 Å². The van der Waals surface area contributed by atoms with E-state index < -0.39 is 0 Å². The van der Waals surface area contributed by atoms with E-state index in [0.29, 0.717) is 18.9 Å². The Morgan fingerprint density at radius 1 is 1.24 bits per heavy atom. The van der Waals surface area contributed by atoms with Gasteiger partial charge in [-0.2, -0.15) is 11.8 Å². The van der Waals surface area contributed by atoms with Gasteiger partial charge in [0, 0.05) is 34.3 Å². The van der Waals surface area contributed by atoms with Crippen molar-refractivity contribution in [2.45, 2.75) is 43.3 Å². The third-order valence-corrected chi connectivity index (χ3v) is 7.24. The van der Waals surface area contributed by atoms with Crippen LogP contribution in [0, 0.1) is 5.92 Å². The number of carbonyl (C=O) groups excluding carboxylic acids is 1. The molecule has 0 amide bonds. The summed E-state index contributed by atoms with van der Waals surface area (Å²) in [5, 5.41) is 4.41. The van der Waals surface area contributed by atoms with Gasteiger partial charge in [-0.25, -0.2) is 0 Å². The third-order valence-electron chi connectivity index (χ3n) is 6.39. The van der Waals surface area contributed by atoms with Gasteiger partial charge in [-0.15, -0.1) is 0 Å². The first-order chi connectivity index (χ1) is 14.1. The Morgan fingerprint density at radius 3 is 2.66 bits per heavy atom. The number of benzene rings is 2. The Labute approximate surface area is 182 Å². The molecule has 2 aromatic rings. The highest BCUT2D eigenvalue weighted by atomic mass is 35.5. The number of carbonyl (C=O) groups is 1. The van der Waals surface area contributed by atoms with Crippen molar-refractivity contribution in [2.24, 2.45) is 5.92 Å². The summed E-state index contributed by atoms with van der Waals surface area (Å²) < 4.78 is 5.44. The molecule has 3 nitrogen and oxygen atoms in total. The molecular formula is C24H28ClNO2S. The van der Waals surface area contributed by atoms with Crippen LogP contribution in [-0.2, 0) is 20.7 Å². The molecule has 1 aliphatic carbocycles. The quantitative estimate of drug-likeness (QED) is 0.521. The van der Waals surface area contributed by atoms with Crippen LogP contribution in [0.4, 0.5) is 5.69 Å². The Morgan fingerprint density at radius 2 is 2.00 bits per heavy atom. The second-order valence-corrected chi connectivity index (χ2v) is 9.35. The second kappa shape index (κ2) is 8.61. The van der Waals surface area contributed by atoms with Crippen molar-refractivity contribution in [3.05, 3.63) is 64.2 Å². The lowest BCUT2D eigenvalue weighted by atomic mass is 9.63. The molecule has 154 valence electrons. The van der Waals surface area contributed by atoms with Gasteiger partial charge in [0.2, 0.25) is 0 Å². The topological polar surface area (TPSA) is 38.3 Å². The number of fused-ring (bicyclic) bond motifs is 1. The maximum absolute atomic E-state index is 12.8. The van der Waals surface area contributed by atoms with Gasteiger partial charge in [-0.05, 0) is 60.8 Å². The van der Waals surface area contributed by atoms with E-state index in [1.807, 2.05) is 30.8 Å². The molecule has 0 radical (unpaired) electrons. The molecule has 1 saturated carbocycles. The summed E-state index contributed by atoms with van der Waals surface area (Å²) in [4.78, 5) is 12.8. The SMILES string of the molecule is CCOC(=O)CC(c1ccc(Cl)cc1)(C1CC1)C1CNc2c(CSC)cccc21. The first-order valence-corrected chi connectivity index (χ1v) is 12.1. The zero-order chi connectivity index (χ0) is 20.4. The van der Waals surface area contributed by atoms with Crippen molar-refractivity contribution in [2.75, 3.05) is 24.7 Å². The monoisotopic (exact) mass is 429 g/mol. The Balaban J connectivity index is 1.83. The predicted octanol–water partition coefficient (Wildman–Crippen LogP) is 6.01. The lowest BCUT2D eigenvalue weighted by molar-refractivity contribution is -0.145. The molecule has 5 heteroatoms. The number of ether oxygens (including phenoxy) is 1. The van der Waals surface area contributed by atoms with E-state index in [9.17, 15) is 4.79 Å². The highest BCUT2D eigenvalue weighted by Crippen LogP contribution is 2.59. The van der Waals surface area contributed by atoms with Gasteiger partial charge in [0.15, 0.2) is 0 Å². The fourth-order valence-corrected chi connectivity index (χ4v) is 5.75. The molecule has 4 rings (SSSR count). The minimum absolute atomic E-state index is 0.108. The normalized spacial score (nSPS) is 19.9. The zero-order valence-corrected chi connectivity index (χ0v) is 18.6. The van der Waals surface area contributed by atoms with Crippen molar-refractivity contribution >= 4 is 35.0 Å². The molecule has 1 heterocycles. The number of para-hydroxylation sites is 1. The van der Waals surface area contributed by atoms with E-state index in [4.69, 9.17) is 16.3 Å². The fourth-order valence-electron chi connectivity index (χ4n) is 5.08. The molecule has 1 aliphatic heterocycles. The smallest absolute Gasteiger partial charge is 0.306 e. The number of anilines is 1. The van der Waals surface area contributed by atoms with Crippen LogP contribution >= 0.6 is 23.4 Å². The summed E-state index contributed by atoms with van der Waals surface area (Å²) in [7, 11) is 0. The van der Waals surface area contributed by atoms with Crippen LogP contribution in [0.2, 0.25) is 5.02 Å². The molecule has 1 N–H and O–H groups in total. The third kappa shape index (κ3) is 3.89. The van der Waals surface area contributed by atoms with E-state index in [0.717, 1.165) is 30.2 Å². The number of rotatable bonds is 8. The molecule has 1 fully saturated rings. The maximum Gasteiger partial charge on any atom is 0.306 e. The van der Waals surface area contributed by atoms with Crippen LogP contribution in [-0.4, -0.2) is 25.4 Å². The fraction of sp³-hybridized carbons (Fsp3) is 0.458. The average molecular weight is 430 g/mol. The lowest BCUT2D eigenvalue weighted by Crippen LogP contribution is -2.40. The number of esters is 1. The average Bonchev–Trinajstić information content (AvgIpc) is 3.47. The number of hydrogen-bond acceptors (Lipinski definition) is 4. The zero-order valence-electron chi connectivity index (χ0n) is 17.0. The highest BCUT2D eigenvalue weighted by molar-refractivity contribution is 7.97. The van der Waals surface area contributed by atoms with Gasteiger partial charge in [0.1, 0.15) is 0 Å². The molecule has 0 saturated heterocycles. The minimum Gasteiger partial charge on any atom is -0.466 e. The highest BCUT2D eigenvalue weighted by Gasteiger charge is 2.54. The Bertz CT molecular complexity index is 881. The maximum atomic E-state index is 12.8. The standard InChI is InChI=1S/C24H28ClNO2S/c1-3-28-22(27)13-24(17-7-8-17,18-9-11-19(25)12-10-18)21-14-26-23-16(15-29-2)5-4-6-20(21)23/h4-6,9-12,17,21,26H,3,7-8,13-15H2,1-2H3. The number of nitrogens with one attached hydrogen (secondary N) is 1. The van der Waals surface area contributed by atoms with Crippen molar-refractivity contribution in [1.29, 1.82) is 0 Å². The van der Waals surface area contributed by atoms with Gasteiger partial charge in [0.05, 0.1) is 13.0 Å². The summed E-state index contributed by atoms with van der Waals surface area (Å²) >= 11 is 8.04. The molecule has 2 atom stereocenters. The van der Waals surface area contributed by atoms with Gasteiger partial charge in [-0.3, -0.25) is 4.79 Å². The summed E-state index contributed by atoms with van der Waals surface area (Å²) in [5.41, 5.74) is 4.87. The van der Waals surface area contributed by atoms with Crippen molar-refractivity contribution in [3.8, 4) is 0 Å². The Hall–Kier alpha value is -1.65. The van der Waals surface area contributed by atoms with Crippen molar-refractivity contribution in [1.82, 2.24) is 0 Å². The molecule has 2 aliphatic rings. The predicted molar refractivity (Wildman–Crippen MR) is 122 cm³/mol. The van der Waals surface area contributed by atoms with Gasteiger partial charge >= 0.3 is 5.97 Å². The van der Waals surface area contributed by atoms with E-state index in [1.165, 1.54) is 22.4 Å². The number of halogens is 1. The summed E-state index contributed by atoms with van der Waals surface area (Å²) in [6.07, 6.45) is 4.84. The van der Waals surface area contributed by atoms with Crippen LogP contribution in [0.3, 0.4) is 0 Å². The summed E-state index contributed by atoms with van der Waals surface area (Å²) in [6.45, 7) is 3.14. The molecule has 29 heavy (non-hydrogen) atoms. The summed E-state index contributed by atoms with van der Waals surface area (Å²) in [6, 6.07) is 14.7. The molecule has 0 aromatic heterocycles. The number of thioether (sulfide) groups is 1. The first-order valence-electron chi connectivity index (χ1n) is 10.4. The van der Waals surface area contributed by atoms with Crippen molar-refractivity contribution in [3.63, 3.8) is 0 Å².